The van der Waals surface area contributed by atoms with E-state index in [9.17, 15) is 8.42 Å². The van der Waals surface area contributed by atoms with E-state index in [1.807, 2.05) is 0 Å². The molecule has 86 valence electrons. The van der Waals surface area contributed by atoms with Crippen LogP contribution in [0.15, 0.2) is 0 Å². The molecule has 0 aromatic carbocycles. The fourth-order valence-corrected chi connectivity index (χ4v) is 2.29. The maximum absolute atomic E-state index is 11.1. The highest BCUT2D eigenvalue weighted by Crippen LogP contribution is 2.05. The van der Waals surface area contributed by atoms with Crippen LogP contribution in [0.1, 0.15) is 13.3 Å². The van der Waals surface area contributed by atoms with Crippen molar-refractivity contribution in [2.45, 2.75) is 13.3 Å². The number of hydrogen-bond acceptors (Lipinski definition) is 3. The zero-order chi connectivity index (χ0) is 9.73. The number of hydrogen-bond donors (Lipinski definition) is 3. The molecular formula is C7H18ClN3O2S. The molecule has 1 aliphatic heterocycles. The fourth-order valence-electron chi connectivity index (χ4n) is 1.36. The van der Waals surface area contributed by atoms with Crippen LogP contribution >= 0.6 is 12.4 Å². The van der Waals surface area contributed by atoms with Gasteiger partial charge in [-0.05, 0) is 25.4 Å². The normalized spacial score (nSPS) is 21.9. The summed E-state index contributed by atoms with van der Waals surface area (Å²) in [7, 11) is -3.25. The van der Waals surface area contributed by atoms with Crippen molar-refractivity contribution in [3.8, 4) is 0 Å². The Morgan fingerprint density at radius 2 is 2.14 bits per heavy atom. The van der Waals surface area contributed by atoms with E-state index >= 15 is 0 Å². The highest BCUT2D eigenvalue weighted by molar-refractivity contribution is 7.87. The lowest BCUT2D eigenvalue weighted by atomic mass is 10.1. The Morgan fingerprint density at radius 1 is 1.43 bits per heavy atom. The second-order valence-corrected chi connectivity index (χ2v) is 4.79. The van der Waals surface area contributed by atoms with E-state index in [1.165, 1.54) is 0 Å². The highest BCUT2D eigenvalue weighted by atomic mass is 35.5. The molecule has 1 aliphatic rings. The van der Waals surface area contributed by atoms with Crippen molar-refractivity contribution in [2.75, 3.05) is 26.2 Å². The van der Waals surface area contributed by atoms with E-state index in [2.05, 4.69) is 14.8 Å². The molecule has 7 heteroatoms. The average molecular weight is 244 g/mol. The monoisotopic (exact) mass is 243 g/mol. The molecule has 0 radical (unpaired) electrons. The number of halogens is 1. The molecule has 1 fully saturated rings. The van der Waals surface area contributed by atoms with Gasteiger partial charge in [-0.1, -0.05) is 6.92 Å². The lowest BCUT2D eigenvalue weighted by Crippen LogP contribution is -2.39. The smallest absolute Gasteiger partial charge is 0.276 e. The van der Waals surface area contributed by atoms with Crippen LogP contribution in [0.4, 0.5) is 0 Å². The fraction of sp³-hybridized carbons (Fsp3) is 1.00. The molecule has 1 saturated heterocycles. The molecule has 0 bridgehead atoms. The Hall–Kier alpha value is 0.120. The first kappa shape index (κ1) is 14.1. The predicted molar refractivity (Wildman–Crippen MR) is 58.8 cm³/mol. The lowest BCUT2D eigenvalue weighted by Gasteiger charge is -2.10. The molecule has 0 spiro atoms. The van der Waals surface area contributed by atoms with Crippen molar-refractivity contribution in [1.82, 2.24) is 14.8 Å². The summed E-state index contributed by atoms with van der Waals surface area (Å²) in [5.41, 5.74) is 0. The molecule has 1 heterocycles. The summed E-state index contributed by atoms with van der Waals surface area (Å²) in [5, 5.41) is 3.19. The molecule has 14 heavy (non-hydrogen) atoms. The molecule has 0 amide bonds. The van der Waals surface area contributed by atoms with Gasteiger partial charge in [-0.3, -0.25) is 0 Å². The van der Waals surface area contributed by atoms with Gasteiger partial charge < -0.3 is 5.32 Å². The molecule has 1 unspecified atom stereocenters. The summed E-state index contributed by atoms with van der Waals surface area (Å²) in [6.07, 6.45) is 1.05. The van der Waals surface area contributed by atoms with Gasteiger partial charge in [0.05, 0.1) is 0 Å². The van der Waals surface area contributed by atoms with E-state index in [0.717, 1.165) is 19.5 Å². The third-order valence-corrected chi connectivity index (χ3v) is 3.27. The van der Waals surface area contributed by atoms with Gasteiger partial charge >= 0.3 is 0 Å². The van der Waals surface area contributed by atoms with Gasteiger partial charge in [-0.2, -0.15) is 8.42 Å². The summed E-state index contributed by atoms with van der Waals surface area (Å²) in [4.78, 5) is 0. The second kappa shape index (κ2) is 6.58. The maximum Gasteiger partial charge on any atom is 0.276 e. The summed E-state index contributed by atoms with van der Waals surface area (Å²) in [6, 6.07) is 0. The Kier molecular flexibility index (Phi) is 6.63. The summed E-state index contributed by atoms with van der Waals surface area (Å²) in [6.45, 7) is 4.62. The van der Waals surface area contributed by atoms with Crippen LogP contribution in [-0.2, 0) is 10.2 Å². The van der Waals surface area contributed by atoms with Crippen molar-refractivity contribution in [3.05, 3.63) is 0 Å². The van der Waals surface area contributed by atoms with Gasteiger partial charge in [0, 0.05) is 13.1 Å². The quantitative estimate of drug-likeness (QED) is 0.608. The van der Waals surface area contributed by atoms with Crippen LogP contribution in [0.3, 0.4) is 0 Å². The van der Waals surface area contributed by atoms with E-state index in [4.69, 9.17) is 0 Å². The lowest BCUT2D eigenvalue weighted by molar-refractivity contribution is 0.531. The van der Waals surface area contributed by atoms with Crippen LogP contribution in [0.2, 0.25) is 0 Å². The van der Waals surface area contributed by atoms with E-state index < -0.39 is 10.2 Å². The zero-order valence-electron chi connectivity index (χ0n) is 8.25. The predicted octanol–water partition coefficient (Wildman–Crippen LogP) is -0.538. The van der Waals surface area contributed by atoms with Gasteiger partial charge in [-0.25, -0.2) is 9.44 Å². The summed E-state index contributed by atoms with van der Waals surface area (Å²) < 4.78 is 27.2. The van der Waals surface area contributed by atoms with Crippen molar-refractivity contribution in [3.63, 3.8) is 0 Å². The molecular weight excluding hydrogens is 226 g/mol. The van der Waals surface area contributed by atoms with Crippen molar-refractivity contribution >= 4 is 22.6 Å². The number of nitrogens with one attached hydrogen (secondary N) is 3. The minimum absolute atomic E-state index is 0. The van der Waals surface area contributed by atoms with Crippen LogP contribution in [-0.4, -0.2) is 34.6 Å². The average Bonchev–Trinajstić information content (AvgIpc) is 2.52. The first-order chi connectivity index (χ1) is 6.14. The van der Waals surface area contributed by atoms with E-state index in [1.54, 1.807) is 6.92 Å². The van der Waals surface area contributed by atoms with E-state index in [0.29, 0.717) is 19.0 Å². The topological polar surface area (TPSA) is 70.2 Å². The van der Waals surface area contributed by atoms with Crippen LogP contribution in [0.25, 0.3) is 0 Å². The molecule has 0 aliphatic carbocycles. The van der Waals surface area contributed by atoms with Gasteiger partial charge in [-0.15, -0.1) is 12.4 Å². The molecule has 5 nitrogen and oxygen atoms in total. The maximum atomic E-state index is 11.1. The Balaban J connectivity index is 0.00000169. The third kappa shape index (κ3) is 5.11. The minimum atomic E-state index is -3.25. The van der Waals surface area contributed by atoms with Gasteiger partial charge in [0.25, 0.3) is 10.2 Å². The molecule has 1 rings (SSSR count). The van der Waals surface area contributed by atoms with Crippen molar-refractivity contribution in [1.29, 1.82) is 0 Å². The van der Waals surface area contributed by atoms with Crippen LogP contribution in [0, 0.1) is 5.92 Å². The second-order valence-electron chi connectivity index (χ2n) is 3.21. The first-order valence-corrected chi connectivity index (χ1v) is 6.07. The Labute approximate surface area is 91.6 Å². The molecule has 3 N–H and O–H groups in total. The highest BCUT2D eigenvalue weighted by Gasteiger charge is 2.16. The van der Waals surface area contributed by atoms with E-state index in [-0.39, 0.29) is 12.4 Å². The van der Waals surface area contributed by atoms with Crippen molar-refractivity contribution in [2.24, 2.45) is 5.92 Å². The largest absolute Gasteiger partial charge is 0.316 e. The Morgan fingerprint density at radius 3 is 2.64 bits per heavy atom. The minimum Gasteiger partial charge on any atom is -0.316 e. The van der Waals surface area contributed by atoms with Crippen LogP contribution in [0.5, 0.6) is 0 Å². The standard InChI is InChI=1S/C7H17N3O2S.ClH/c1-2-9-13(11,12)10-6-7-3-4-8-5-7;/h7-10H,2-6H2,1H3;1H. The first-order valence-electron chi connectivity index (χ1n) is 4.59. The Bertz CT molecular complexity index is 239. The molecule has 0 aromatic heterocycles. The van der Waals surface area contributed by atoms with Crippen LogP contribution < -0.4 is 14.8 Å². The summed E-state index contributed by atoms with van der Waals surface area (Å²) in [5.74, 6) is 0.438. The molecule has 0 aromatic rings. The van der Waals surface area contributed by atoms with Gasteiger partial charge in [0.2, 0.25) is 0 Å². The van der Waals surface area contributed by atoms with Gasteiger partial charge in [0.15, 0.2) is 0 Å². The van der Waals surface area contributed by atoms with Crippen molar-refractivity contribution < 1.29 is 8.42 Å². The third-order valence-electron chi connectivity index (χ3n) is 2.06. The number of rotatable bonds is 5. The van der Waals surface area contributed by atoms with Gasteiger partial charge in [0.1, 0.15) is 0 Å². The molecule has 1 atom stereocenters. The SMILES string of the molecule is CCNS(=O)(=O)NCC1CCNC1.Cl. The zero-order valence-corrected chi connectivity index (χ0v) is 9.88. The molecule has 0 saturated carbocycles. The summed E-state index contributed by atoms with van der Waals surface area (Å²) >= 11 is 0.